The van der Waals surface area contributed by atoms with Crippen molar-refractivity contribution >= 4 is 22.5 Å². The topological polar surface area (TPSA) is 85.6 Å². The van der Waals surface area contributed by atoms with Crippen molar-refractivity contribution in [2.24, 2.45) is 7.05 Å². The molecule has 1 amide bonds. The van der Waals surface area contributed by atoms with Crippen LogP contribution in [-0.2, 0) is 7.05 Å². The predicted octanol–water partition coefficient (Wildman–Crippen LogP) is 2.27. The van der Waals surface area contributed by atoms with E-state index in [1.165, 1.54) is 13.5 Å². The molecule has 1 saturated carbocycles. The second-order valence-electron chi connectivity index (χ2n) is 8.06. The standard InChI is InChI=1S/C22H26N6O3/c1-26-13-18(21(25-26)30-2)22(29)28-10-8-27(9-11-28)15-6-7-19-17(12-15)20(24-14-23-19)31-16-4-3-5-16/h6-7,12-14,16H,3-5,8-11H2,1-2H3. The third kappa shape index (κ3) is 3.75. The fourth-order valence-electron chi connectivity index (χ4n) is 4.06. The van der Waals surface area contributed by atoms with Gasteiger partial charge in [-0.1, -0.05) is 0 Å². The van der Waals surface area contributed by atoms with Gasteiger partial charge in [-0.05, 0) is 37.5 Å². The van der Waals surface area contributed by atoms with Gasteiger partial charge < -0.3 is 19.3 Å². The molecule has 0 atom stereocenters. The van der Waals surface area contributed by atoms with Crippen LogP contribution in [0.1, 0.15) is 29.6 Å². The molecule has 0 radical (unpaired) electrons. The van der Waals surface area contributed by atoms with Gasteiger partial charge in [-0.3, -0.25) is 9.48 Å². The van der Waals surface area contributed by atoms with Crippen molar-refractivity contribution in [3.8, 4) is 11.8 Å². The lowest BCUT2D eigenvalue weighted by Gasteiger charge is -2.36. The van der Waals surface area contributed by atoms with Crippen molar-refractivity contribution in [2.45, 2.75) is 25.4 Å². The molecular weight excluding hydrogens is 396 g/mol. The van der Waals surface area contributed by atoms with Gasteiger partial charge in [0.1, 0.15) is 18.0 Å². The van der Waals surface area contributed by atoms with Gasteiger partial charge in [-0.2, -0.15) is 0 Å². The number of hydrogen-bond donors (Lipinski definition) is 0. The van der Waals surface area contributed by atoms with Gasteiger partial charge >= 0.3 is 0 Å². The average molecular weight is 422 g/mol. The predicted molar refractivity (Wildman–Crippen MR) is 116 cm³/mol. The molecule has 9 nitrogen and oxygen atoms in total. The molecule has 1 aliphatic carbocycles. The average Bonchev–Trinajstić information content (AvgIpc) is 3.16. The minimum absolute atomic E-state index is 0.0484. The van der Waals surface area contributed by atoms with Crippen LogP contribution in [0.4, 0.5) is 5.69 Å². The van der Waals surface area contributed by atoms with Crippen LogP contribution >= 0.6 is 0 Å². The largest absolute Gasteiger partial charge is 0.479 e. The van der Waals surface area contributed by atoms with Crippen molar-refractivity contribution in [3.05, 3.63) is 36.3 Å². The number of carbonyl (C=O) groups excluding carboxylic acids is 1. The van der Waals surface area contributed by atoms with E-state index in [-0.39, 0.29) is 12.0 Å². The number of nitrogens with zero attached hydrogens (tertiary/aromatic N) is 6. The smallest absolute Gasteiger partial charge is 0.261 e. The van der Waals surface area contributed by atoms with Crippen molar-refractivity contribution in [1.29, 1.82) is 0 Å². The fourth-order valence-corrected chi connectivity index (χ4v) is 4.06. The van der Waals surface area contributed by atoms with E-state index in [0.717, 1.165) is 42.5 Å². The summed E-state index contributed by atoms with van der Waals surface area (Å²) in [4.78, 5) is 25.8. The highest BCUT2D eigenvalue weighted by atomic mass is 16.5. The van der Waals surface area contributed by atoms with Gasteiger partial charge in [0, 0.05) is 45.1 Å². The summed E-state index contributed by atoms with van der Waals surface area (Å²) in [6.45, 7) is 2.75. The Morgan fingerprint density at radius 1 is 1.10 bits per heavy atom. The molecule has 2 fully saturated rings. The van der Waals surface area contributed by atoms with Crippen molar-refractivity contribution in [1.82, 2.24) is 24.6 Å². The highest BCUT2D eigenvalue weighted by molar-refractivity contribution is 5.96. The molecule has 0 N–H and O–H groups in total. The number of rotatable bonds is 5. The van der Waals surface area contributed by atoms with E-state index in [2.05, 4.69) is 32.1 Å². The molecule has 5 rings (SSSR count). The summed E-state index contributed by atoms with van der Waals surface area (Å²) >= 11 is 0. The summed E-state index contributed by atoms with van der Waals surface area (Å²) in [7, 11) is 3.31. The van der Waals surface area contributed by atoms with Crippen LogP contribution in [0, 0.1) is 0 Å². The zero-order valence-electron chi connectivity index (χ0n) is 17.8. The van der Waals surface area contributed by atoms with Crippen LogP contribution in [0.2, 0.25) is 0 Å². The van der Waals surface area contributed by atoms with Gasteiger partial charge in [-0.15, -0.1) is 5.10 Å². The third-order valence-corrected chi connectivity index (χ3v) is 6.06. The van der Waals surface area contributed by atoms with Gasteiger partial charge in [0.25, 0.3) is 5.91 Å². The monoisotopic (exact) mass is 422 g/mol. The zero-order valence-corrected chi connectivity index (χ0v) is 17.8. The van der Waals surface area contributed by atoms with Crippen LogP contribution in [0.25, 0.3) is 10.9 Å². The van der Waals surface area contributed by atoms with Crippen molar-refractivity contribution < 1.29 is 14.3 Å². The molecule has 3 aromatic rings. The van der Waals surface area contributed by atoms with Crippen LogP contribution in [0.5, 0.6) is 11.8 Å². The maximum absolute atomic E-state index is 12.9. The molecule has 0 unspecified atom stereocenters. The van der Waals surface area contributed by atoms with Crippen molar-refractivity contribution in [2.75, 3.05) is 38.2 Å². The molecule has 2 aliphatic rings. The van der Waals surface area contributed by atoms with Gasteiger partial charge in [0.15, 0.2) is 0 Å². The molecule has 0 bridgehead atoms. The van der Waals surface area contributed by atoms with E-state index in [1.807, 2.05) is 11.0 Å². The number of fused-ring (bicyclic) bond motifs is 1. The molecule has 2 aromatic heterocycles. The maximum atomic E-state index is 12.9. The number of methoxy groups -OCH3 is 1. The number of ether oxygens (including phenoxy) is 2. The van der Waals surface area contributed by atoms with Crippen LogP contribution < -0.4 is 14.4 Å². The van der Waals surface area contributed by atoms with E-state index in [1.54, 1.807) is 24.3 Å². The van der Waals surface area contributed by atoms with Gasteiger partial charge in [0.2, 0.25) is 11.8 Å². The summed E-state index contributed by atoms with van der Waals surface area (Å²) in [6, 6.07) is 6.19. The number of anilines is 1. The first-order chi connectivity index (χ1) is 15.1. The molecule has 9 heteroatoms. The summed E-state index contributed by atoms with van der Waals surface area (Å²) in [5.74, 6) is 0.977. The van der Waals surface area contributed by atoms with Crippen LogP contribution in [-0.4, -0.2) is 69.9 Å². The molecule has 162 valence electrons. The Morgan fingerprint density at radius 2 is 1.90 bits per heavy atom. The lowest BCUT2D eigenvalue weighted by atomic mass is 9.96. The molecule has 1 aromatic carbocycles. The van der Waals surface area contributed by atoms with Crippen LogP contribution in [0.15, 0.2) is 30.7 Å². The highest BCUT2D eigenvalue weighted by Gasteiger charge is 2.27. The summed E-state index contributed by atoms with van der Waals surface area (Å²) in [5, 5.41) is 5.12. The van der Waals surface area contributed by atoms with Gasteiger partial charge in [0.05, 0.1) is 18.0 Å². The number of aryl methyl sites for hydroxylation is 1. The maximum Gasteiger partial charge on any atom is 0.261 e. The Bertz CT molecular complexity index is 1100. The SMILES string of the molecule is COc1nn(C)cc1C(=O)N1CCN(c2ccc3ncnc(OC4CCC4)c3c2)CC1. The Morgan fingerprint density at radius 3 is 2.61 bits per heavy atom. The number of amides is 1. The van der Waals surface area contributed by atoms with Crippen LogP contribution in [0.3, 0.4) is 0 Å². The molecule has 31 heavy (non-hydrogen) atoms. The number of piperazine rings is 1. The second-order valence-corrected chi connectivity index (χ2v) is 8.06. The summed E-state index contributed by atoms with van der Waals surface area (Å²) in [6.07, 6.45) is 6.92. The van der Waals surface area contributed by atoms with E-state index in [0.29, 0.717) is 30.4 Å². The highest BCUT2D eigenvalue weighted by Crippen LogP contribution is 2.31. The molecule has 0 spiro atoms. The second kappa shape index (κ2) is 8.05. The van der Waals surface area contributed by atoms with Gasteiger partial charge in [-0.25, -0.2) is 9.97 Å². The Labute approximate surface area is 180 Å². The molecule has 1 aliphatic heterocycles. The lowest BCUT2D eigenvalue weighted by Crippen LogP contribution is -2.48. The molecular formula is C22H26N6O3. The van der Waals surface area contributed by atoms with E-state index >= 15 is 0 Å². The Balaban J connectivity index is 1.31. The minimum Gasteiger partial charge on any atom is -0.479 e. The Kier molecular flexibility index (Phi) is 5.09. The zero-order chi connectivity index (χ0) is 21.4. The first-order valence-electron chi connectivity index (χ1n) is 10.7. The first-order valence-corrected chi connectivity index (χ1v) is 10.7. The number of aromatic nitrogens is 4. The Hall–Kier alpha value is -3.36. The number of benzene rings is 1. The third-order valence-electron chi connectivity index (χ3n) is 6.06. The number of hydrogen-bond acceptors (Lipinski definition) is 7. The summed E-state index contributed by atoms with van der Waals surface area (Å²) in [5.41, 5.74) is 2.47. The summed E-state index contributed by atoms with van der Waals surface area (Å²) < 4.78 is 12.9. The molecule has 3 heterocycles. The quantitative estimate of drug-likeness (QED) is 0.623. The van der Waals surface area contributed by atoms with E-state index in [9.17, 15) is 4.79 Å². The molecule has 1 saturated heterocycles. The fraction of sp³-hybridized carbons (Fsp3) is 0.455. The van der Waals surface area contributed by atoms with E-state index in [4.69, 9.17) is 9.47 Å². The normalized spacial score (nSPS) is 17.0. The minimum atomic E-state index is -0.0484. The number of carbonyl (C=O) groups is 1. The first kappa shape index (κ1) is 19.6. The lowest BCUT2D eigenvalue weighted by molar-refractivity contribution is 0.0743. The van der Waals surface area contributed by atoms with Crippen molar-refractivity contribution in [3.63, 3.8) is 0 Å². The van der Waals surface area contributed by atoms with E-state index < -0.39 is 0 Å².